The van der Waals surface area contributed by atoms with Crippen molar-refractivity contribution in [3.8, 4) is 11.4 Å². The van der Waals surface area contributed by atoms with Gasteiger partial charge in [-0.05, 0) is 51.0 Å². The maximum Gasteiger partial charge on any atom is 0.275 e. The summed E-state index contributed by atoms with van der Waals surface area (Å²) in [6.07, 6.45) is 7.96. The van der Waals surface area contributed by atoms with Gasteiger partial charge in [-0.15, -0.1) is 0 Å². The third kappa shape index (κ3) is 4.85. The Balaban J connectivity index is 1.53. The van der Waals surface area contributed by atoms with Crippen LogP contribution in [0.25, 0.3) is 5.69 Å². The van der Waals surface area contributed by atoms with E-state index in [2.05, 4.69) is 15.3 Å². The van der Waals surface area contributed by atoms with E-state index in [0.717, 1.165) is 18.7 Å². The lowest BCUT2D eigenvalue weighted by atomic mass is 10.2. The maximum atomic E-state index is 12.5. The number of nitrogens with zero attached hydrogens (tertiary/aromatic N) is 3. The third-order valence-corrected chi connectivity index (χ3v) is 4.77. The zero-order valence-electron chi connectivity index (χ0n) is 15.5. The van der Waals surface area contributed by atoms with Crippen LogP contribution in [0.1, 0.15) is 42.6 Å². The first-order valence-corrected chi connectivity index (χ1v) is 9.47. The topological polar surface area (TPSA) is 59.4 Å². The van der Waals surface area contributed by atoms with Crippen molar-refractivity contribution in [2.75, 3.05) is 33.3 Å². The van der Waals surface area contributed by atoms with Crippen LogP contribution in [0.4, 0.5) is 0 Å². The molecule has 1 amide bonds. The molecule has 3 rings (SSSR count). The Morgan fingerprint density at radius 3 is 2.58 bits per heavy atom. The summed E-state index contributed by atoms with van der Waals surface area (Å²) >= 11 is 0. The number of ether oxygens (including phenoxy) is 1. The van der Waals surface area contributed by atoms with E-state index in [1.807, 2.05) is 30.3 Å². The zero-order valence-corrected chi connectivity index (χ0v) is 15.5. The summed E-state index contributed by atoms with van der Waals surface area (Å²) in [5.41, 5.74) is 1.22. The van der Waals surface area contributed by atoms with Gasteiger partial charge in [-0.2, -0.15) is 5.10 Å². The van der Waals surface area contributed by atoms with Crippen LogP contribution in [0.2, 0.25) is 0 Å². The fourth-order valence-corrected chi connectivity index (χ4v) is 3.33. The van der Waals surface area contributed by atoms with Gasteiger partial charge >= 0.3 is 0 Å². The van der Waals surface area contributed by atoms with E-state index in [1.165, 1.54) is 38.8 Å². The van der Waals surface area contributed by atoms with Crippen molar-refractivity contribution in [2.45, 2.75) is 32.1 Å². The molecule has 0 radical (unpaired) electrons. The van der Waals surface area contributed by atoms with Crippen LogP contribution in [0.15, 0.2) is 36.5 Å². The Bertz CT molecular complexity index is 691. The Kier molecular flexibility index (Phi) is 6.66. The maximum absolute atomic E-state index is 12.5. The largest absolute Gasteiger partial charge is 0.493 e. The van der Waals surface area contributed by atoms with Crippen molar-refractivity contribution in [2.24, 2.45) is 0 Å². The second-order valence-electron chi connectivity index (χ2n) is 6.69. The van der Waals surface area contributed by atoms with Gasteiger partial charge in [0.25, 0.3) is 5.91 Å². The van der Waals surface area contributed by atoms with E-state index in [9.17, 15) is 4.79 Å². The molecule has 0 saturated carbocycles. The molecule has 0 unspecified atom stereocenters. The van der Waals surface area contributed by atoms with Crippen LogP contribution in [-0.4, -0.2) is 53.9 Å². The predicted molar refractivity (Wildman–Crippen MR) is 102 cm³/mol. The average Bonchev–Trinajstić information content (AvgIpc) is 2.95. The number of rotatable bonds is 7. The standard InChI is InChI=1S/C20H28N4O2/c1-26-18-16-24(17-10-5-4-6-11-17)22-19(18)20(25)21-12-9-15-23-13-7-2-3-8-14-23/h4-6,10-11,16H,2-3,7-9,12-15H2,1H3,(H,21,25). The Hall–Kier alpha value is -2.34. The number of carbonyl (C=O) groups excluding carboxylic acids is 1. The molecule has 6 nitrogen and oxygen atoms in total. The van der Waals surface area contributed by atoms with Crippen LogP contribution >= 0.6 is 0 Å². The van der Waals surface area contributed by atoms with Crippen molar-refractivity contribution in [1.82, 2.24) is 20.0 Å². The molecule has 140 valence electrons. The number of benzene rings is 1. The lowest BCUT2D eigenvalue weighted by Gasteiger charge is -2.19. The van der Waals surface area contributed by atoms with Gasteiger partial charge in [0.15, 0.2) is 11.4 Å². The highest BCUT2D eigenvalue weighted by molar-refractivity contribution is 5.94. The number of methoxy groups -OCH3 is 1. The molecular weight excluding hydrogens is 328 g/mol. The summed E-state index contributed by atoms with van der Waals surface area (Å²) in [5, 5.41) is 7.37. The van der Waals surface area contributed by atoms with E-state index in [-0.39, 0.29) is 5.91 Å². The van der Waals surface area contributed by atoms with E-state index in [4.69, 9.17) is 4.74 Å². The van der Waals surface area contributed by atoms with Crippen molar-refractivity contribution in [3.05, 3.63) is 42.2 Å². The summed E-state index contributed by atoms with van der Waals surface area (Å²) in [7, 11) is 1.56. The SMILES string of the molecule is COc1cn(-c2ccccc2)nc1C(=O)NCCCN1CCCCCC1. The molecule has 1 aromatic carbocycles. The molecule has 2 heterocycles. The Morgan fingerprint density at radius 2 is 1.88 bits per heavy atom. The number of carbonyl (C=O) groups is 1. The first-order chi connectivity index (χ1) is 12.8. The summed E-state index contributed by atoms with van der Waals surface area (Å²) < 4.78 is 7.00. The van der Waals surface area contributed by atoms with E-state index in [1.54, 1.807) is 18.0 Å². The Labute approximate surface area is 155 Å². The molecule has 1 aromatic heterocycles. The number of amides is 1. The van der Waals surface area contributed by atoms with Gasteiger partial charge in [0.1, 0.15) is 0 Å². The summed E-state index contributed by atoms with van der Waals surface area (Å²) in [6, 6.07) is 9.70. The van der Waals surface area contributed by atoms with E-state index < -0.39 is 0 Å². The number of hydrogen-bond donors (Lipinski definition) is 1. The second kappa shape index (κ2) is 9.38. The Morgan fingerprint density at radius 1 is 1.15 bits per heavy atom. The molecule has 1 N–H and O–H groups in total. The van der Waals surface area contributed by atoms with Gasteiger partial charge < -0.3 is 15.0 Å². The lowest BCUT2D eigenvalue weighted by molar-refractivity contribution is 0.0943. The van der Waals surface area contributed by atoms with Crippen LogP contribution in [0.5, 0.6) is 5.75 Å². The molecule has 1 aliphatic heterocycles. The average molecular weight is 356 g/mol. The highest BCUT2D eigenvalue weighted by Crippen LogP contribution is 2.19. The first kappa shape index (κ1) is 18.5. The van der Waals surface area contributed by atoms with Gasteiger partial charge in [0.05, 0.1) is 19.0 Å². The number of likely N-dealkylation sites (tertiary alicyclic amines) is 1. The van der Waals surface area contributed by atoms with E-state index >= 15 is 0 Å². The molecule has 6 heteroatoms. The second-order valence-corrected chi connectivity index (χ2v) is 6.69. The highest BCUT2D eigenvalue weighted by atomic mass is 16.5. The minimum absolute atomic E-state index is 0.188. The fourth-order valence-electron chi connectivity index (χ4n) is 3.33. The van der Waals surface area contributed by atoms with Gasteiger partial charge in [0, 0.05) is 6.54 Å². The van der Waals surface area contributed by atoms with Crippen LogP contribution in [0.3, 0.4) is 0 Å². The molecule has 0 spiro atoms. The molecule has 0 bridgehead atoms. The van der Waals surface area contributed by atoms with Gasteiger partial charge in [0.2, 0.25) is 0 Å². The van der Waals surface area contributed by atoms with Crippen molar-refractivity contribution >= 4 is 5.91 Å². The van der Waals surface area contributed by atoms with Crippen molar-refractivity contribution in [3.63, 3.8) is 0 Å². The van der Waals surface area contributed by atoms with Crippen LogP contribution in [-0.2, 0) is 0 Å². The van der Waals surface area contributed by atoms with E-state index in [0.29, 0.717) is 18.0 Å². The molecule has 2 aromatic rings. The van der Waals surface area contributed by atoms with Crippen molar-refractivity contribution < 1.29 is 9.53 Å². The summed E-state index contributed by atoms with van der Waals surface area (Å²) in [5.74, 6) is 0.297. The van der Waals surface area contributed by atoms with Crippen molar-refractivity contribution in [1.29, 1.82) is 0 Å². The minimum atomic E-state index is -0.188. The minimum Gasteiger partial charge on any atom is -0.493 e. The predicted octanol–water partition coefficient (Wildman–Crippen LogP) is 2.88. The fraction of sp³-hybridized carbons (Fsp3) is 0.500. The molecule has 1 fully saturated rings. The smallest absolute Gasteiger partial charge is 0.275 e. The number of hydrogen-bond acceptors (Lipinski definition) is 4. The molecule has 1 saturated heterocycles. The summed E-state index contributed by atoms with van der Waals surface area (Å²) in [6.45, 7) is 4.05. The first-order valence-electron chi connectivity index (χ1n) is 9.47. The molecule has 26 heavy (non-hydrogen) atoms. The lowest BCUT2D eigenvalue weighted by Crippen LogP contribution is -2.31. The molecule has 1 aliphatic rings. The van der Waals surface area contributed by atoms with Gasteiger partial charge in [-0.1, -0.05) is 31.0 Å². The molecule has 0 atom stereocenters. The summed E-state index contributed by atoms with van der Waals surface area (Å²) in [4.78, 5) is 15.0. The van der Waals surface area contributed by atoms with Crippen LogP contribution < -0.4 is 10.1 Å². The van der Waals surface area contributed by atoms with Crippen LogP contribution in [0, 0.1) is 0 Å². The van der Waals surface area contributed by atoms with Gasteiger partial charge in [-0.25, -0.2) is 4.68 Å². The quantitative estimate of drug-likeness (QED) is 0.775. The number of aromatic nitrogens is 2. The normalized spacial score (nSPS) is 15.4. The monoisotopic (exact) mass is 356 g/mol. The number of nitrogens with one attached hydrogen (secondary N) is 1. The number of para-hydroxylation sites is 1. The molecule has 0 aliphatic carbocycles. The highest BCUT2D eigenvalue weighted by Gasteiger charge is 2.18. The zero-order chi connectivity index (χ0) is 18.2. The van der Waals surface area contributed by atoms with Gasteiger partial charge in [-0.3, -0.25) is 4.79 Å². The third-order valence-electron chi connectivity index (χ3n) is 4.77. The molecular formula is C20H28N4O2.